The standard InChI is InChI=1S/C25H23NO4S/c1-15-12-17(3)24(13-16(15)2)31(29,30)26-19-9-11-22(27)21(14-19)25-20-7-5-4-6-18(20)8-10-23(25)28/h4-14,26-28H,1-3H3. The van der Waals surface area contributed by atoms with Crippen LogP contribution in [-0.4, -0.2) is 18.6 Å². The van der Waals surface area contributed by atoms with Gasteiger partial charge in [-0.1, -0.05) is 36.4 Å². The number of benzene rings is 4. The predicted molar refractivity (Wildman–Crippen MR) is 124 cm³/mol. The molecule has 0 atom stereocenters. The van der Waals surface area contributed by atoms with Crippen molar-refractivity contribution in [3.8, 4) is 22.6 Å². The van der Waals surface area contributed by atoms with Crippen molar-refractivity contribution in [2.75, 3.05) is 4.72 Å². The number of aryl methyl sites for hydroxylation is 3. The van der Waals surface area contributed by atoms with Gasteiger partial charge in [-0.25, -0.2) is 8.42 Å². The van der Waals surface area contributed by atoms with Crippen LogP contribution >= 0.6 is 0 Å². The van der Waals surface area contributed by atoms with Crippen LogP contribution in [0.25, 0.3) is 21.9 Å². The third kappa shape index (κ3) is 3.82. The third-order valence-corrected chi connectivity index (χ3v) is 7.03. The topological polar surface area (TPSA) is 86.6 Å². The minimum absolute atomic E-state index is 0.000916. The van der Waals surface area contributed by atoms with E-state index in [1.54, 1.807) is 25.1 Å². The maximum atomic E-state index is 13.1. The summed E-state index contributed by atoms with van der Waals surface area (Å²) in [5, 5.41) is 22.7. The first-order valence-electron chi connectivity index (χ1n) is 9.82. The SMILES string of the molecule is Cc1cc(C)c(S(=O)(=O)Nc2ccc(O)c(-c3c(O)ccc4ccccc34)c2)cc1C. The molecule has 0 saturated heterocycles. The number of phenolic OH excluding ortho intramolecular Hbond substituents is 2. The monoisotopic (exact) mass is 433 g/mol. The Morgan fingerprint density at radius 1 is 0.742 bits per heavy atom. The number of nitrogens with one attached hydrogen (secondary N) is 1. The molecule has 0 unspecified atom stereocenters. The molecule has 0 fully saturated rings. The van der Waals surface area contributed by atoms with Gasteiger partial charge in [-0.15, -0.1) is 0 Å². The predicted octanol–water partition coefficient (Wildman–Crippen LogP) is 5.64. The zero-order chi connectivity index (χ0) is 22.3. The van der Waals surface area contributed by atoms with E-state index in [1.807, 2.05) is 44.2 Å². The zero-order valence-electron chi connectivity index (χ0n) is 17.5. The molecule has 4 aromatic carbocycles. The maximum Gasteiger partial charge on any atom is 0.262 e. The van der Waals surface area contributed by atoms with Crippen molar-refractivity contribution < 1.29 is 18.6 Å². The molecule has 0 saturated carbocycles. The van der Waals surface area contributed by atoms with Crippen molar-refractivity contribution >= 4 is 26.5 Å². The summed E-state index contributed by atoms with van der Waals surface area (Å²) in [5.41, 5.74) is 3.64. The third-order valence-electron chi connectivity index (χ3n) is 5.51. The van der Waals surface area contributed by atoms with Crippen molar-refractivity contribution in [3.05, 3.63) is 83.4 Å². The van der Waals surface area contributed by atoms with Crippen LogP contribution in [0.1, 0.15) is 16.7 Å². The van der Waals surface area contributed by atoms with Gasteiger partial charge in [-0.3, -0.25) is 4.72 Å². The summed E-state index contributed by atoms with van der Waals surface area (Å²) >= 11 is 0. The Morgan fingerprint density at radius 3 is 2.19 bits per heavy atom. The molecule has 0 amide bonds. The van der Waals surface area contributed by atoms with E-state index in [4.69, 9.17) is 0 Å². The second-order valence-electron chi connectivity index (χ2n) is 7.72. The first-order chi connectivity index (χ1) is 14.7. The van der Waals surface area contributed by atoms with Gasteiger partial charge in [-0.2, -0.15) is 0 Å². The van der Waals surface area contributed by atoms with Crippen molar-refractivity contribution in [2.45, 2.75) is 25.7 Å². The number of rotatable bonds is 4. The van der Waals surface area contributed by atoms with Crippen molar-refractivity contribution in [1.82, 2.24) is 0 Å². The van der Waals surface area contributed by atoms with Crippen LogP contribution in [0.3, 0.4) is 0 Å². The molecule has 6 heteroatoms. The fourth-order valence-electron chi connectivity index (χ4n) is 3.78. The summed E-state index contributed by atoms with van der Waals surface area (Å²) in [5.74, 6) is -0.0593. The number of anilines is 1. The van der Waals surface area contributed by atoms with Gasteiger partial charge < -0.3 is 10.2 Å². The van der Waals surface area contributed by atoms with E-state index in [0.717, 1.165) is 21.9 Å². The molecule has 4 rings (SSSR count). The average Bonchev–Trinajstić information content (AvgIpc) is 2.72. The Bertz CT molecular complexity index is 1430. The molecule has 0 aliphatic heterocycles. The lowest BCUT2D eigenvalue weighted by atomic mass is 9.96. The van der Waals surface area contributed by atoms with E-state index in [2.05, 4.69) is 4.72 Å². The Balaban J connectivity index is 1.82. The minimum atomic E-state index is -3.84. The quantitative estimate of drug-likeness (QED) is 0.363. The highest BCUT2D eigenvalue weighted by Gasteiger charge is 2.20. The van der Waals surface area contributed by atoms with E-state index in [-0.39, 0.29) is 22.1 Å². The molecule has 0 aliphatic carbocycles. The lowest BCUT2D eigenvalue weighted by Gasteiger charge is -2.15. The Morgan fingerprint density at radius 2 is 1.42 bits per heavy atom. The molecular weight excluding hydrogens is 410 g/mol. The molecule has 0 spiro atoms. The molecule has 0 heterocycles. The number of hydrogen-bond acceptors (Lipinski definition) is 4. The smallest absolute Gasteiger partial charge is 0.262 e. The van der Waals surface area contributed by atoms with Gasteiger partial charge in [0.15, 0.2) is 0 Å². The first-order valence-corrected chi connectivity index (χ1v) is 11.3. The fraction of sp³-hybridized carbons (Fsp3) is 0.120. The summed E-state index contributed by atoms with van der Waals surface area (Å²) in [6.07, 6.45) is 0. The normalized spacial score (nSPS) is 11.6. The van der Waals surface area contributed by atoms with Crippen LogP contribution in [0, 0.1) is 20.8 Å². The minimum Gasteiger partial charge on any atom is -0.507 e. The Labute approximate surface area is 181 Å². The number of aromatic hydroxyl groups is 2. The van der Waals surface area contributed by atoms with Gasteiger partial charge in [-0.05, 0) is 78.6 Å². The Hall–Kier alpha value is -3.51. The molecular formula is C25H23NO4S. The van der Waals surface area contributed by atoms with Gasteiger partial charge in [0, 0.05) is 16.8 Å². The second-order valence-corrected chi connectivity index (χ2v) is 9.37. The van der Waals surface area contributed by atoms with Gasteiger partial charge in [0.2, 0.25) is 0 Å². The van der Waals surface area contributed by atoms with Crippen LogP contribution in [0.5, 0.6) is 11.5 Å². The van der Waals surface area contributed by atoms with Crippen LogP contribution in [0.4, 0.5) is 5.69 Å². The number of phenols is 2. The van der Waals surface area contributed by atoms with Crippen molar-refractivity contribution in [2.24, 2.45) is 0 Å². The highest BCUT2D eigenvalue weighted by molar-refractivity contribution is 7.92. The van der Waals surface area contributed by atoms with E-state index in [1.165, 1.54) is 18.2 Å². The number of hydrogen-bond donors (Lipinski definition) is 3. The van der Waals surface area contributed by atoms with Gasteiger partial charge in [0.1, 0.15) is 11.5 Å². The number of sulfonamides is 1. The largest absolute Gasteiger partial charge is 0.507 e. The molecule has 158 valence electrons. The lowest BCUT2D eigenvalue weighted by molar-refractivity contribution is 0.470. The summed E-state index contributed by atoms with van der Waals surface area (Å²) in [4.78, 5) is 0.207. The first kappa shape index (κ1) is 20.8. The molecule has 0 bridgehead atoms. The molecule has 31 heavy (non-hydrogen) atoms. The van der Waals surface area contributed by atoms with Gasteiger partial charge in [0.25, 0.3) is 10.0 Å². The van der Waals surface area contributed by atoms with E-state index < -0.39 is 10.0 Å². The van der Waals surface area contributed by atoms with Gasteiger partial charge >= 0.3 is 0 Å². The summed E-state index contributed by atoms with van der Waals surface area (Å²) < 4.78 is 28.8. The van der Waals surface area contributed by atoms with Crippen LogP contribution in [0.2, 0.25) is 0 Å². The van der Waals surface area contributed by atoms with E-state index >= 15 is 0 Å². The van der Waals surface area contributed by atoms with Crippen molar-refractivity contribution in [3.63, 3.8) is 0 Å². The lowest BCUT2D eigenvalue weighted by Crippen LogP contribution is -2.14. The Kier molecular flexibility index (Phi) is 5.11. The molecule has 0 aliphatic rings. The van der Waals surface area contributed by atoms with Crippen LogP contribution in [0.15, 0.2) is 71.6 Å². The van der Waals surface area contributed by atoms with Crippen LogP contribution in [-0.2, 0) is 10.0 Å². The average molecular weight is 434 g/mol. The fourth-order valence-corrected chi connectivity index (χ4v) is 5.14. The highest BCUT2D eigenvalue weighted by atomic mass is 32.2. The molecule has 0 radical (unpaired) electrons. The highest BCUT2D eigenvalue weighted by Crippen LogP contribution is 2.42. The van der Waals surface area contributed by atoms with E-state index in [9.17, 15) is 18.6 Å². The molecule has 5 nitrogen and oxygen atoms in total. The maximum absolute atomic E-state index is 13.1. The molecule has 3 N–H and O–H groups in total. The zero-order valence-corrected chi connectivity index (χ0v) is 18.3. The van der Waals surface area contributed by atoms with Gasteiger partial charge in [0.05, 0.1) is 4.90 Å². The van der Waals surface area contributed by atoms with E-state index in [0.29, 0.717) is 16.7 Å². The number of fused-ring (bicyclic) bond motifs is 1. The van der Waals surface area contributed by atoms with Crippen molar-refractivity contribution in [1.29, 1.82) is 0 Å². The summed E-state index contributed by atoms with van der Waals surface area (Å²) in [6.45, 7) is 5.57. The summed E-state index contributed by atoms with van der Waals surface area (Å²) in [6, 6.07) is 18.8. The summed E-state index contributed by atoms with van der Waals surface area (Å²) in [7, 11) is -3.84. The second kappa shape index (κ2) is 7.63. The molecule has 4 aromatic rings. The molecule has 0 aromatic heterocycles. The van der Waals surface area contributed by atoms with Crippen LogP contribution < -0.4 is 4.72 Å².